The van der Waals surface area contributed by atoms with Crippen LogP contribution in [0.15, 0.2) is 205 Å². The van der Waals surface area contributed by atoms with Gasteiger partial charge in [0.2, 0.25) is 0 Å². The summed E-state index contributed by atoms with van der Waals surface area (Å²) >= 11 is 1.87. The van der Waals surface area contributed by atoms with Crippen molar-refractivity contribution in [3.63, 3.8) is 0 Å². The molecule has 3 aromatic heterocycles. The first-order valence-corrected chi connectivity index (χ1v) is 20.9. The van der Waals surface area contributed by atoms with E-state index in [1.807, 2.05) is 41.7 Å². The number of fused-ring (bicyclic) bond motifs is 7. The van der Waals surface area contributed by atoms with E-state index in [9.17, 15) is 0 Å². The lowest BCUT2D eigenvalue weighted by Crippen LogP contribution is -2.01. The van der Waals surface area contributed by atoms with Crippen LogP contribution >= 0.6 is 11.3 Å². The number of hydrogen-bond donors (Lipinski definition) is 0. The zero-order valence-electron chi connectivity index (χ0n) is 32.2. The summed E-state index contributed by atoms with van der Waals surface area (Å²) in [4.78, 5) is 15.8. The van der Waals surface area contributed by atoms with Crippen molar-refractivity contribution in [3.8, 4) is 67.5 Å². The molecule has 12 rings (SSSR count). The van der Waals surface area contributed by atoms with E-state index < -0.39 is 0 Å². The number of nitrogens with zero attached hydrogens (tertiary/aromatic N) is 3. The standard InChI is InChI=1S/C55H33N3OS/c1-3-15-34(16-4-1)37-19-7-10-23-47(37)54-56-53(36-29-30-43-42-22-11-12-28-49(42)59-50(43)33-36)57-55(58-54)48-32-31-41(39-20-8-9-21-40(39)48)44-25-14-27-46-45-26-13-24-38(51(45)60-52(44)46)35-17-5-2-6-18-35/h1-33H. The van der Waals surface area contributed by atoms with Crippen LogP contribution in [0.4, 0.5) is 0 Å². The summed E-state index contributed by atoms with van der Waals surface area (Å²) in [5.41, 5.74) is 11.4. The fourth-order valence-corrected chi connectivity index (χ4v) is 10.1. The predicted molar refractivity (Wildman–Crippen MR) is 250 cm³/mol. The molecule has 0 aliphatic rings. The van der Waals surface area contributed by atoms with Crippen LogP contribution in [0.5, 0.6) is 0 Å². The lowest BCUT2D eigenvalue weighted by molar-refractivity contribution is 0.669. The highest BCUT2D eigenvalue weighted by Crippen LogP contribution is 2.46. The predicted octanol–water partition coefficient (Wildman–Crippen LogP) is 15.3. The van der Waals surface area contributed by atoms with E-state index in [1.165, 1.54) is 42.4 Å². The number of benzene rings is 9. The molecule has 0 aliphatic carbocycles. The van der Waals surface area contributed by atoms with Gasteiger partial charge in [-0.1, -0.05) is 176 Å². The zero-order chi connectivity index (χ0) is 39.6. The van der Waals surface area contributed by atoms with Crippen molar-refractivity contribution in [1.29, 1.82) is 0 Å². The third-order valence-corrected chi connectivity index (χ3v) is 12.9. The van der Waals surface area contributed by atoms with Crippen molar-refractivity contribution >= 4 is 64.2 Å². The Balaban J connectivity index is 1.06. The second-order valence-corrected chi connectivity index (χ2v) is 16.1. The molecule has 280 valence electrons. The summed E-state index contributed by atoms with van der Waals surface area (Å²) in [6, 6.07) is 70.3. The Hall–Kier alpha value is -7.73. The minimum Gasteiger partial charge on any atom is -0.456 e. The molecule has 5 heteroatoms. The number of rotatable bonds is 6. The molecule has 0 amide bonds. The molecule has 0 N–H and O–H groups in total. The Morgan fingerprint density at radius 2 is 0.783 bits per heavy atom. The first-order chi connectivity index (χ1) is 29.7. The van der Waals surface area contributed by atoms with Crippen LogP contribution in [0.1, 0.15) is 0 Å². The largest absolute Gasteiger partial charge is 0.456 e. The van der Waals surface area contributed by atoms with Gasteiger partial charge < -0.3 is 4.42 Å². The molecule has 0 radical (unpaired) electrons. The highest BCUT2D eigenvalue weighted by atomic mass is 32.1. The average Bonchev–Trinajstić information content (AvgIpc) is 3.90. The monoisotopic (exact) mass is 783 g/mol. The maximum Gasteiger partial charge on any atom is 0.164 e. The molecule has 0 atom stereocenters. The SMILES string of the molecule is c1ccc(-c2ccccc2-c2nc(-c3ccc4c(c3)oc3ccccc34)nc(-c3ccc(-c4cccc5c4sc4c(-c6ccccc6)cccc45)c4ccccc34)n2)cc1. The number of aromatic nitrogens is 3. The summed E-state index contributed by atoms with van der Waals surface area (Å²) in [6.45, 7) is 0. The summed E-state index contributed by atoms with van der Waals surface area (Å²) in [7, 11) is 0. The Kier molecular flexibility index (Phi) is 8.00. The molecule has 0 saturated carbocycles. The maximum atomic E-state index is 6.34. The number of furan rings is 1. The molecule has 0 fully saturated rings. The minimum atomic E-state index is 0.581. The molecule has 0 spiro atoms. The molecule has 3 heterocycles. The second-order valence-electron chi connectivity index (χ2n) is 15.1. The van der Waals surface area contributed by atoms with Crippen LogP contribution in [0.2, 0.25) is 0 Å². The van der Waals surface area contributed by atoms with Crippen LogP contribution in [0, 0.1) is 0 Å². The first-order valence-electron chi connectivity index (χ1n) is 20.1. The first kappa shape index (κ1) is 34.3. The van der Waals surface area contributed by atoms with Gasteiger partial charge in [0.1, 0.15) is 11.2 Å². The van der Waals surface area contributed by atoms with Crippen LogP contribution in [0.25, 0.3) is 120 Å². The number of hydrogen-bond acceptors (Lipinski definition) is 5. The fourth-order valence-electron chi connectivity index (χ4n) is 8.76. The molecule has 0 unspecified atom stereocenters. The van der Waals surface area contributed by atoms with Gasteiger partial charge in [-0.2, -0.15) is 0 Å². The van der Waals surface area contributed by atoms with Gasteiger partial charge in [0.05, 0.1) is 0 Å². The van der Waals surface area contributed by atoms with Crippen molar-refractivity contribution in [2.24, 2.45) is 0 Å². The molecule has 0 saturated heterocycles. The van der Waals surface area contributed by atoms with Gasteiger partial charge in [-0.25, -0.2) is 15.0 Å². The van der Waals surface area contributed by atoms with Crippen LogP contribution < -0.4 is 0 Å². The van der Waals surface area contributed by atoms with Crippen molar-refractivity contribution in [1.82, 2.24) is 15.0 Å². The minimum absolute atomic E-state index is 0.581. The average molecular weight is 784 g/mol. The van der Waals surface area contributed by atoms with Crippen LogP contribution in [-0.2, 0) is 0 Å². The van der Waals surface area contributed by atoms with E-state index in [-0.39, 0.29) is 0 Å². The van der Waals surface area contributed by atoms with E-state index in [4.69, 9.17) is 19.4 Å². The lowest BCUT2D eigenvalue weighted by atomic mass is 9.93. The smallest absolute Gasteiger partial charge is 0.164 e. The van der Waals surface area contributed by atoms with E-state index >= 15 is 0 Å². The van der Waals surface area contributed by atoms with E-state index in [1.54, 1.807) is 0 Å². The highest BCUT2D eigenvalue weighted by Gasteiger charge is 2.20. The number of thiophene rings is 1. The van der Waals surface area contributed by atoms with Gasteiger partial charge in [0.25, 0.3) is 0 Å². The van der Waals surface area contributed by atoms with Crippen molar-refractivity contribution in [2.45, 2.75) is 0 Å². The third-order valence-electron chi connectivity index (χ3n) is 11.6. The van der Waals surface area contributed by atoms with Gasteiger partial charge in [-0.05, 0) is 62.9 Å². The second kappa shape index (κ2) is 14.0. The van der Waals surface area contributed by atoms with Gasteiger partial charge >= 0.3 is 0 Å². The van der Waals surface area contributed by atoms with Crippen molar-refractivity contribution in [3.05, 3.63) is 200 Å². The summed E-state index contributed by atoms with van der Waals surface area (Å²) in [5.74, 6) is 1.80. The lowest BCUT2D eigenvalue weighted by Gasteiger charge is -2.14. The van der Waals surface area contributed by atoms with E-state index in [2.05, 4.69) is 170 Å². The molecule has 12 aromatic rings. The molecular formula is C55H33N3OS. The summed E-state index contributed by atoms with van der Waals surface area (Å²) in [6.07, 6.45) is 0. The fraction of sp³-hybridized carbons (Fsp3) is 0. The Morgan fingerprint density at radius 1 is 0.283 bits per heavy atom. The van der Waals surface area contributed by atoms with Crippen molar-refractivity contribution in [2.75, 3.05) is 0 Å². The Labute approximate surface area is 349 Å². The third kappa shape index (κ3) is 5.63. The van der Waals surface area contributed by atoms with Crippen molar-refractivity contribution < 1.29 is 4.42 Å². The normalized spacial score (nSPS) is 11.7. The zero-order valence-corrected chi connectivity index (χ0v) is 33.0. The molecule has 9 aromatic carbocycles. The quantitative estimate of drug-likeness (QED) is 0.169. The van der Waals surface area contributed by atoms with Gasteiger partial charge in [-0.3, -0.25) is 0 Å². The van der Waals surface area contributed by atoms with Gasteiger partial charge in [0.15, 0.2) is 17.5 Å². The van der Waals surface area contributed by atoms with E-state index in [0.717, 1.165) is 60.5 Å². The Morgan fingerprint density at radius 3 is 1.53 bits per heavy atom. The maximum absolute atomic E-state index is 6.34. The van der Waals surface area contributed by atoms with Gasteiger partial charge in [-0.15, -0.1) is 11.3 Å². The molecular weight excluding hydrogens is 751 g/mol. The summed E-state index contributed by atoms with van der Waals surface area (Å²) < 4.78 is 8.92. The molecule has 0 bridgehead atoms. The van der Waals surface area contributed by atoms with Crippen LogP contribution in [-0.4, -0.2) is 15.0 Å². The highest BCUT2D eigenvalue weighted by molar-refractivity contribution is 7.26. The van der Waals surface area contributed by atoms with Gasteiger partial charge in [0, 0.05) is 53.2 Å². The topological polar surface area (TPSA) is 51.8 Å². The van der Waals surface area contributed by atoms with E-state index in [0.29, 0.717) is 17.5 Å². The Bertz CT molecular complexity index is 3610. The molecule has 0 aliphatic heterocycles. The van der Waals surface area contributed by atoms with Crippen LogP contribution in [0.3, 0.4) is 0 Å². The molecule has 60 heavy (non-hydrogen) atoms. The number of para-hydroxylation sites is 1. The molecule has 4 nitrogen and oxygen atoms in total. The summed E-state index contributed by atoms with van der Waals surface area (Å²) in [5, 5.41) is 6.90.